The molecule has 0 aromatic heterocycles. The number of nitro benzene ring substituents is 1. The smallest absolute Gasteiger partial charge is 0.269 e. The summed E-state index contributed by atoms with van der Waals surface area (Å²) in [5.41, 5.74) is 1.92. The summed E-state index contributed by atoms with van der Waals surface area (Å²) in [6.07, 6.45) is 3.94. The van der Waals surface area contributed by atoms with E-state index in [1.54, 1.807) is 18.2 Å². The Hall–Kier alpha value is -3.15. The minimum absolute atomic E-state index is 0.0270. The molecular formula is C19H18N2O4. The fourth-order valence-corrected chi connectivity index (χ4v) is 2.70. The highest BCUT2D eigenvalue weighted by Gasteiger charge is 2.19. The second-order valence-corrected chi connectivity index (χ2v) is 5.92. The molecule has 0 spiro atoms. The molecule has 1 heterocycles. The topological polar surface area (TPSA) is 81.5 Å². The number of nitrogens with zero attached hydrogens (tertiary/aromatic N) is 1. The molecule has 1 atom stereocenters. The zero-order valence-corrected chi connectivity index (χ0v) is 13.6. The number of hydrogen-bond donors (Lipinski definition) is 1. The first-order valence-electron chi connectivity index (χ1n) is 8.03. The predicted molar refractivity (Wildman–Crippen MR) is 94.3 cm³/mol. The maximum atomic E-state index is 11.9. The lowest BCUT2D eigenvalue weighted by atomic mass is 9.97. The van der Waals surface area contributed by atoms with Crippen LogP contribution in [0.4, 0.5) is 5.69 Å². The van der Waals surface area contributed by atoms with Gasteiger partial charge in [0.1, 0.15) is 5.75 Å². The van der Waals surface area contributed by atoms with Crippen LogP contribution in [0, 0.1) is 16.0 Å². The highest BCUT2D eigenvalue weighted by Crippen LogP contribution is 2.26. The standard InChI is InChI=1S/C19H18N2O4/c22-19(10-7-14-5-8-17(9-6-14)21(23)24)20-12-15-11-16-3-1-2-4-18(16)25-13-15/h1-10,15H,11-13H2,(H,20,22). The highest BCUT2D eigenvalue weighted by atomic mass is 16.6. The predicted octanol–water partition coefficient (Wildman–Crippen LogP) is 2.98. The van der Waals surface area contributed by atoms with Crippen molar-refractivity contribution in [1.29, 1.82) is 0 Å². The molecular weight excluding hydrogens is 320 g/mol. The van der Waals surface area contributed by atoms with Crippen LogP contribution in [-0.4, -0.2) is 24.0 Å². The Labute approximate surface area is 145 Å². The summed E-state index contributed by atoms with van der Waals surface area (Å²) in [5.74, 6) is 0.965. The number of carbonyl (C=O) groups excluding carboxylic acids is 1. The minimum atomic E-state index is -0.454. The maximum absolute atomic E-state index is 11.9. The number of para-hydroxylation sites is 1. The maximum Gasteiger partial charge on any atom is 0.269 e. The molecule has 1 aliphatic heterocycles. The Balaban J connectivity index is 1.49. The minimum Gasteiger partial charge on any atom is -0.493 e. The summed E-state index contributed by atoms with van der Waals surface area (Å²) in [7, 11) is 0. The van der Waals surface area contributed by atoms with Gasteiger partial charge in [-0.25, -0.2) is 0 Å². The van der Waals surface area contributed by atoms with E-state index in [0.29, 0.717) is 13.2 Å². The van der Waals surface area contributed by atoms with E-state index in [4.69, 9.17) is 4.74 Å². The van der Waals surface area contributed by atoms with Crippen molar-refractivity contribution in [1.82, 2.24) is 5.32 Å². The number of rotatable bonds is 5. The molecule has 6 heteroatoms. The lowest BCUT2D eigenvalue weighted by Gasteiger charge is -2.25. The van der Waals surface area contributed by atoms with E-state index in [9.17, 15) is 14.9 Å². The van der Waals surface area contributed by atoms with Crippen LogP contribution in [0.5, 0.6) is 5.75 Å². The van der Waals surface area contributed by atoms with Gasteiger partial charge in [0.25, 0.3) is 5.69 Å². The Bertz CT molecular complexity index is 799. The van der Waals surface area contributed by atoms with Gasteiger partial charge in [0.2, 0.25) is 5.91 Å². The van der Waals surface area contributed by atoms with Crippen molar-refractivity contribution in [2.75, 3.05) is 13.2 Å². The third kappa shape index (κ3) is 4.44. The first kappa shape index (κ1) is 16.7. The molecule has 1 N–H and O–H groups in total. The van der Waals surface area contributed by atoms with Crippen molar-refractivity contribution in [2.45, 2.75) is 6.42 Å². The van der Waals surface area contributed by atoms with Crippen LogP contribution in [0.2, 0.25) is 0 Å². The third-order valence-electron chi connectivity index (χ3n) is 4.05. The van der Waals surface area contributed by atoms with Crippen molar-refractivity contribution in [3.63, 3.8) is 0 Å². The van der Waals surface area contributed by atoms with Gasteiger partial charge in [-0.1, -0.05) is 18.2 Å². The van der Waals surface area contributed by atoms with E-state index < -0.39 is 4.92 Å². The van der Waals surface area contributed by atoms with Gasteiger partial charge in [-0.2, -0.15) is 0 Å². The summed E-state index contributed by atoms with van der Waals surface area (Å²) in [4.78, 5) is 22.1. The van der Waals surface area contributed by atoms with Crippen molar-refractivity contribution in [2.24, 2.45) is 5.92 Å². The van der Waals surface area contributed by atoms with Gasteiger partial charge in [-0.05, 0) is 41.8 Å². The molecule has 128 valence electrons. The van der Waals surface area contributed by atoms with Gasteiger partial charge < -0.3 is 10.1 Å². The number of nitro groups is 1. The summed E-state index contributed by atoms with van der Waals surface area (Å²) >= 11 is 0. The monoisotopic (exact) mass is 338 g/mol. The SMILES string of the molecule is O=C(C=Cc1ccc([N+](=O)[O-])cc1)NCC1COc2ccccc2C1. The molecule has 0 radical (unpaired) electrons. The molecule has 25 heavy (non-hydrogen) atoms. The van der Waals surface area contributed by atoms with Gasteiger partial charge in [-0.3, -0.25) is 14.9 Å². The van der Waals surface area contributed by atoms with Crippen molar-refractivity contribution in [3.05, 3.63) is 75.8 Å². The Morgan fingerprint density at radius 2 is 2.00 bits per heavy atom. The van der Waals surface area contributed by atoms with Crippen LogP contribution in [0.3, 0.4) is 0 Å². The molecule has 0 saturated carbocycles. The van der Waals surface area contributed by atoms with E-state index in [1.807, 2.05) is 24.3 Å². The quantitative estimate of drug-likeness (QED) is 0.516. The van der Waals surface area contributed by atoms with Crippen LogP contribution in [0.1, 0.15) is 11.1 Å². The molecule has 3 rings (SSSR count). The molecule has 1 unspecified atom stereocenters. The summed E-state index contributed by atoms with van der Waals surface area (Å²) in [5, 5.41) is 13.5. The van der Waals surface area contributed by atoms with E-state index in [-0.39, 0.29) is 17.5 Å². The molecule has 1 aliphatic rings. The summed E-state index contributed by atoms with van der Waals surface area (Å²) < 4.78 is 5.70. The largest absolute Gasteiger partial charge is 0.493 e. The number of benzene rings is 2. The van der Waals surface area contributed by atoms with Gasteiger partial charge in [0.15, 0.2) is 0 Å². The molecule has 0 fully saturated rings. The number of amides is 1. The molecule has 1 amide bonds. The van der Waals surface area contributed by atoms with E-state index in [1.165, 1.54) is 18.2 Å². The van der Waals surface area contributed by atoms with Crippen LogP contribution < -0.4 is 10.1 Å². The first-order valence-corrected chi connectivity index (χ1v) is 8.03. The fourth-order valence-electron chi connectivity index (χ4n) is 2.70. The molecule has 2 aromatic rings. The van der Waals surface area contributed by atoms with Crippen LogP contribution in [-0.2, 0) is 11.2 Å². The molecule has 0 aliphatic carbocycles. The zero-order chi connectivity index (χ0) is 17.6. The van der Waals surface area contributed by atoms with E-state index in [2.05, 4.69) is 5.32 Å². The van der Waals surface area contributed by atoms with Gasteiger partial charge in [-0.15, -0.1) is 0 Å². The van der Waals surface area contributed by atoms with Gasteiger partial charge in [0, 0.05) is 30.7 Å². The normalized spacial score (nSPS) is 16.1. The van der Waals surface area contributed by atoms with Crippen molar-refractivity contribution in [3.8, 4) is 5.75 Å². The van der Waals surface area contributed by atoms with Gasteiger partial charge >= 0.3 is 0 Å². The zero-order valence-electron chi connectivity index (χ0n) is 13.6. The number of ether oxygens (including phenoxy) is 1. The Kier molecular flexibility index (Phi) is 5.09. The number of fused-ring (bicyclic) bond motifs is 1. The van der Waals surface area contributed by atoms with Gasteiger partial charge in [0.05, 0.1) is 11.5 Å². The Morgan fingerprint density at radius 3 is 2.76 bits per heavy atom. The molecule has 0 bridgehead atoms. The average Bonchev–Trinajstić information content (AvgIpc) is 2.65. The Morgan fingerprint density at radius 1 is 1.24 bits per heavy atom. The van der Waals surface area contributed by atoms with Crippen molar-refractivity contribution >= 4 is 17.7 Å². The van der Waals surface area contributed by atoms with Crippen LogP contribution in [0.15, 0.2) is 54.6 Å². The lowest BCUT2D eigenvalue weighted by Crippen LogP contribution is -2.33. The molecule has 0 saturated heterocycles. The number of hydrogen-bond acceptors (Lipinski definition) is 4. The fraction of sp³-hybridized carbons (Fsp3) is 0.211. The average molecular weight is 338 g/mol. The van der Waals surface area contributed by atoms with E-state index >= 15 is 0 Å². The van der Waals surface area contributed by atoms with E-state index in [0.717, 1.165) is 23.3 Å². The second-order valence-electron chi connectivity index (χ2n) is 5.92. The van der Waals surface area contributed by atoms with Crippen molar-refractivity contribution < 1.29 is 14.5 Å². The summed E-state index contributed by atoms with van der Waals surface area (Å²) in [6.45, 7) is 1.13. The van der Waals surface area contributed by atoms with Crippen LogP contribution in [0.25, 0.3) is 6.08 Å². The highest BCUT2D eigenvalue weighted by molar-refractivity contribution is 5.91. The molecule has 2 aromatic carbocycles. The lowest BCUT2D eigenvalue weighted by molar-refractivity contribution is -0.384. The number of nitrogens with one attached hydrogen (secondary N) is 1. The number of non-ortho nitro benzene ring substituents is 1. The second kappa shape index (κ2) is 7.61. The summed E-state index contributed by atoms with van der Waals surface area (Å²) in [6, 6.07) is 14.0. The van der Waals surface area contributed by atoms with Crippen LogP contribution >= 0.6 is 0 Å². The third-order valence-corrected chi connectivity index (χ3v) is 4.05. The number of carbonyl (C=O) groups is 1. The molecule has 6 nitrogen and oxygen atoms in total. The first-order chi connectivity index (χ1) is 12.1.